The van der Waals surface area contributed by atoms with E-state index in [9.17, 15) is 14.7 Å². The molecule has 0 spiro atoms. The van der Waals surface area contributed by atoms with E-state index >= 15 is 0 Å². The highest BCUT2D eigenvalue weighted by molar-refractivity contribution is 5.87. The summed E-state index contributed by atoms with van der Waals surface area (Å²) in [6.45, 7) is 0. The largest absolute Gasteiger partial charge is 0.497 e. The van der Waals surface area contributed by atoms with E-state index in [1.165, 1.54) is 4.90 Å². The molecule has 0 saturated heterocycles. The third-order valence-corrected chi connectivity index (χ3v) is 4.86. The predicted octanol–water partition coefficient (Wildman–Crippen LogP) is 2.87. The van der Waals surface area contributed by atoms with Crippen LogP contribution in [0.1, 0.15) is 44.1 Å². The minimum Gasteiger partial charge on any atom is -0.497 e. The molecule has 5 nitrogen and oxygen atoms in total. The number of carboxylic acid groups (broad SMARTS) is 1. The van der Waals surface area contributed by atoms with Gasteiger partial charge < -0.3 is 14.7 Å². The van der Waals surface area contributed by atoms with Crippen LogP contribution in [0.5, 0.6) is 5.75 Å². The number of hydrogen-bond acceptors (Lipinski definition) is 3. The number of amides is 1. The van der Waals surface area contributed by atoms with Gasteiger partial charge in [0, 0.05) is 13.5 Å². The average molecular weight is 319 g/mol. The van der Waals surface area contributed by atoms with E-state index in [1.807, 2.05) is 24.3 Å². The zero-order valence-corrected chi connectivity index (χ0v) is 13.9. The number of benzene rings is 1. The van der Waals surface area contributed by atoms with Gasteiger partial charge in [-0.1, -0.05) is 31.4 Å². The van der Waals surface area contributed by atoms with Crippen molar-refractivity contribution in [3.05, 3.63) is 29.8 Å². The molecule has 5 heteroatoms. The second kappa shape index (κ2) is 7.49. The molecule has 0 atom stereocenters. The molecule has 0 bridgehead atoms. The van der Waals surface area contributed by atoms with Crippen molar-refractivity contribution in [1.29, 1.82) is 0 Å². The van der Waals surface area contributed by atoms with Gasteiger partial charge in [-0.3, -0.25) is 4.79 Å². The minimum absolute atomic E-state index is 0.114. The molecule has 0 aromatic heterocycles. The summed E-state index contributed by atoms with van der Waals surface area (Å²) in [6, 6.07) is 7.60. The Hall–Kier alpha value is -2.04. The number of likely N-dealkylation sites (N-methyl/N-ethyl adjacent to an activating group) is 1. The highest BCUT2D eigenvalue weighted by Crippen LogP contribution is 2.33. The zero-order valence-electron chi connectivity index (χ0n) is 13.9. The van der Waals surface area contributed by atoms with Gasteiger partial charge in [-0.2, -0.15) is 0 Å². The van der Waals surface area contributed by atoms with Gasteiger partial charge in [0.1, 0.15) is 11.3 Å². The summed E-state index contributed by atoms with van der Waals surface area (Å²) in [4.78, 5) is 25.7. The first kappa shape index (κ1) is 17.3. The molecule has 1 aliphatic rings. The fraction of sp³-hybridized carbons (Fsp3) is 0.556. The monoisotopic (exact) mass is 319 g/mol. The highest BCUT2D eigenvalue weighted by Gasteiger charge is 2.45. The third kappa shape index (κ3) is 3.84. The smallest absolute Gasteiger partial charge is 0.329 e. The van der Waals surface area contributed by atoms with Gasteiger partial charge in [0.05, 0.1) is 7.11 Å². The van der Waals surface area contributed by atoms with Crippen molar-refractivity contribution in [2.75, 3.05) is 14.2 Å². The lowest BCUT2D eigenvalue weighted by molar-refractivity contribution is -0.160. The summed E-state index contributed by atoms with van der Waals surface area (Å²) in [5, 5.41) is 9.65. The number of rotatable bonds is 6. The molecule has 1 saturated carbocycles. The molecule has 1 aromatic rings. The van der Waals surface area contributed by atoms with Crippen molar-refractivity contribution < 1.29 is 19.4 Å². The van der Waals surface area contributed by atoms with Crippen LogP contribution in [-0.4, -0.2) is 41.6 Å². The van der Waals surface area contributed by atoms with E-state index in [0.29, 0.717) is 25.7 Å². The molecule has 0 aliphatic heterocycles. The summed E-state index contributed by atoms with van der Waals surface area (Å²) in [5.41, 5.74) is -0.0110. The molecule has 1 amide bonds. The Balaban J connectivity index is 2.02. The van der Waals surface area contributed by atoms with Crippen molar-refractivity contribution in [3.63, 3.8) is 0 Å². The molecular weight excluding hydrogens is 294 g/mol. The molecule has 1 N–H and O–H groups in total. The molecule has 126 valence electrons. The first-order valence-electron chi connectivity index (χ1n) is 8.12. The van der Waals surface area contributed by atoms with Crippen LogP contribution in [0.4, 0.5) is 0 Å². The Labute approximate surface area is 137 Å². The van der Waals surface area contributed by atoms with Gasteiger partial charge in [0.2, 0.25) is 5.91 Å². The summed E-state index contributed by atoms with van der Waals surface area (Å²) < 4.78 is 5.18. The Morgan fingerprint density at radius 1 is 1.26 bits per heavy atom. The van der Waals surface area contributed by atoms with E-state index in [1.54, 1.807) is 14.2 Å². The van der Waals surface area contributed by atoms with Gasteiger partial charge >= 0.3 is 5.97 Å². The Morgan fingerprint density at radius 3 is 2.57 bits per heavy atom. The number of hydrogen-bond donors (Lipinski definition) is 1. The molecule has 2 rings (SSSR count). The maximum Gasteiger partial charge on any atom is 0.329 e. The summed E-state index contributed by atoms with van der Waals surface area (Å²) >= 11 is 0. The van der Waals surface area contributed by atoms with Gasteiger partial charge in [0.15, 0.2) is 0 Å². The summed E-state index contributed by atoms with van der Waals surface area (Å²) in [7, 11) is 3.24. The van der Waals surface area contributed by atoms with Crippen LogP contribution < -0.4 is 4.74 Å². The molecule has 1 aromatic carbocycles. The summed E-state index contributed by atoms with van der Waals surface area (Å²) in [5.74, 6) is -0.232. The molecule has 0 radical (unpaired) electrons. The standard InChI is InChI=1S/C18H25NO4/c1-19(18(17(21)22)11-4-3-5-12-18)16(20)10-9-14-7-6-8-15(13-14)23-2/h6-8,13H,3-5,9-12H2,1-2H3,(H,21,22). The van der Waals surface area contributed by atoms with Crippen LogP contribution in [0.25, 0.3) is 0 Å². The second-order valence-corrected chi connectivity index (χ2v) is 6.20. The number of nitrogens with zero attached hydrogens (tertiary/aromatic N) is 1. The van der Waals surface area contributed by atoms with Crippen molar-refractivity contribution in [2.24, 2.45) is 0 Å². The molecule has 23 heavy (non-hydrogen) atoms. The number of ether oxygens (including phenoxy) is 1. The average Bonchev–Trinajstić information content (AvgIpc) is 2.59. The lowest BCUT2D eigenvalue weighted by Gasteiger charge is -2.41. The maximum atomic E-state index is 12.5. The zero-order chi connectivity index (χ0) is 16.9. The van der Waals surface area contributed by atoms with E-state index in [2.05, 4.69) is 0 Å². The molecular formula is C18H25NO4. The molecule has 0 unspecified atom stereocenters. The first-order valence-corrected chi connectivity index (χ1v) is 8.12. The topological polar surface area (TPSA) is 66.8 Å². The SMILES string of the molecule is COc1cccc(CCC(=O)N(C)C2(C(=O)O)CCCCC2)c1. The molecule has 0 heterocycles. The normalized spacial score (nSPS) is 16.6. The summed E-state index contributed by atoms with van der Waals surface area (Å²) in [6.07, 6.45) is 4.74. The third-order valence-electron chi connectivity index (χ3n) is 4.86. The number of aryl methyl sites for hydroxylation is 1. The fourth-order valence-electron chi connectivity index (χ4n) is 3.32. The van der Waals surface area contributed by atoms with Crippen molar-refractivity contribution in [2.45, 2.75) is 50.5 Å². The number of carbonyl (C=O) groups is 2. The predicted molar refractivity (Wildman–Crippen MR) is 87.5 cm³/mol. The van der Waals surface area contributed by atoms with Crippen molar-refractivity contribution in [1.82, 2.24) is 4.90 Å². The second-order valence-electron chi connectivity index (χ2n) is 6.20. The number of carboxylic acids is 1. The highest BCUT2D eigenvalue weighted by atomic mass is 16.5. The molecule has 1 fully saturated rings. The van der Waals surface area contributed by atoms with Gasteiger partial charge in [0.25, 0.3) is 0 Å². The van der Waals surface area contributed by atoms with Crippen molar-refractivity contribution >= 4 is 11.9 Å². The lowest BCUT2D eigenvalue weighted by atomic mass is 9.80. The maximum absolute atomic E-state index is 12.5. The van der Waals surface area contributed by atoms with E-state index in [0.717, 1.165) is 30.6 Å². The van der Waals surface area contributed by atoms with Crippen LogP contribution in [0, 0.1) is 0 Å². The van der Waals surface area contributed by atoms with Crippen LogP contribution >= 0.6 is 0 Å². The van der Waals surface area contributed by atoms with Gasteiger partial charge in [-0.05, 0) is 37.0 Å². The Kier molecular flexibility index (Phi) is 5.64. The Morgan fingerprint density at radius 2 is 1.96 bits per heavy atom. The number of carbonyl (C=O) groups excluding carboxylic acids is 1. The van der Waals surface area contributed by atoms with E-state index in [4.69, 9.17) is 4.74 Å². The van der Waals surface area contributed by atoms with E-state index in [-0.39, 0.29) is 5.91 Å². The van der Waals surface area contributed by atoms with Gasteiger partial charge in [-0.15, -0.1) is 0 Å². The molecule has 1 aliphatic carbocycles. The first-order chi connectivity index (χ1) is 11.0. The van der Waals surface area contributed by atoms with Crippen LogP contribution in [0.2, 0.25) is 0 Å². The number of methoxy groups -OCH3 is 1. The number of aliphatic carboxylic acids is 1. The minimum atomic E-state index is -1.02. The van der Waals surface area contributed by atoms with Crippen LogP contribution in [0.15, 0.2) is 24.3 Å². The van der Waals surface area contributed by atoms with Crippen LogP contribution in [-0.2, 0) is 16.0 Å². The van der Waals surface area contributed by atoms with E-state index < -0.39 is 11.5 Å². The van der Waals surface area contributed by atoms with Crippen LogP contribution in [0.3, 0.4) is 0 Å². The fourth-order valence-corrected chi connectivity index (χ4v) is 3.32. The van der Waals surface area contributed by atoms with Gasteiger partial charge in [-0.25, -0.2) is 4.79 Å². The lowest BCUT2D eigenvalue weighted by Crippen LogP contribution is -2.56. The quantitative estimate of drug-likeness (QED) is 0.875. The Bertz CT molecular complexity index is 564. The van der Waals surface area contributed by atoms with Crippen molar-refractivity contribution in [3.8, 4) is 5.75 Å².